The van der Waals surface area contributed by atoms with E-state index in [2.05, 4.69) is 0 Å². The van der Waals surface area contributed by atoms with E-state index in [0.29, 0.717) is 0 Å². The Kier molecular flexibility index (Phi) is 3.33. The molecule has 3 rings (SSSR count). The molecule has 2 heterocycles. The molecule has 0 bridgehead atoms. The van der Waals surface area contributed by atoms with Gasteiger partial charge in [-0.05, 0) is 40.4 Å². The maximum atomic E-state index is 12.2. The lowest BCUT2D eigenvalue weighted by Crippen LogP contribution is -2.25. The first-order valence-electron chi connectivity index (χ1n) is 5.88. The molecule has 0 spiro atoms. The fourth-order valence-electron chi connectivity index (χ4n) is 1.97. The minimum Gasteiger partial charge on any atom is -0.293 e. The summed E-state index contributed by atoms with van der Waals surface area (Å²) in [4.78, 5) is 22.8. The van der Waals surface area contributed by atoms with E-state index in [1.165, 1.54) is 0 Å². The van der Waals surface area contributed by atoms with Gasteiger partial charge in [-0.1, -0.05) is 0 Å². The molecule has 1 aromatic carbocycles. The van der Waals surface area contributed by atoms with Crippen molar-refractivity contribution in [1.29, 1.82) is 0 Å². The summed E-state index contributed by atoms with van der Waals surface area (Å²) in [7, 11) is 0. The van der Waals surface area contributed by atoms with Crippen LogP contribution in [-0.4, -0.2) is 17.7 Å². The molecule has 0 unspecified atom stereocenters. The van der Waals surface area contributed by atoms with Crippen LogP contribution < -0.4 is 0 Å². The summed E-state index contributed by atoms with van der Waals surface area (Å²) in [5.74, 6) is -2.80. The zero-order chi connectivity index (χ0) is 15.2. The van der Waals surface area contributed by atoms with Gasteiger partial charge >= 0.3 is 6.18 Å². The van der Waals surface area contributed by atoms with Gasteiger partial charge in [0.05, 0.1) is 11.3 Å². The van der Waals surface area contributed by atoms with E-state index in [9.17, 15) is 22.8 Å². The van der Waals surface area contributed by atoms with Gasteiger partial charge in [-0.2, -0.15) is 13.2 Å². The van der Waals surface area contributed by atoms with Crippen LogP contribution in [0.25, 0.3) is 20.2 Å². The first-order chi connectivity index (χ1) is 9.84. The van der Waals surface area contributed by atoms with Crippen molar-refractivity contribution in [2.75, 3.05) is 0 Å². The summed E-state index contributed by atoms with van der Waals surface area (Å²) in [6, 6.07) is 7.28. The number of benzene rings is 1. The van der Waals surface area contributed by atoms with Crippen LogP contribution in [0.3, 0.4) is 0 Å². The third-order valence-electron chi connectivity index (χ3n) is 3.00. The van der Waals surface area contributed by atoms with Crippen molar-refractivity contribution in [2.24, 2.45) is 0 Å². The molecule has 0 aliphatic carbocycles. The van der Waals surface area contributed by atoms with E-state index in [1.807, 2.05) is 23.6 Å². The van der Waals surface area contributed by atoms with Crippen LogP contribution in [0.5, 0.6) is 0 Å². The highest BCUT2D eigenvalue weighted by Gasteiger charge is 2.39. The Morgan fingerprint density at radius 1 is 1.05 bits per heavy atom. The van der Waals surface area contributed by atoms with Crippen LogP contribution in [0.2, 0.25) is 0 Å². The highest BCUT2D eigenvalue weighted by Crippen LogP contribution is 2.33. The highest BCUT2D eigenvalue weighted by molar-refractivity contribution is 7.21. The van der Waals surface area contributed by atoms with Crippen LogP contribution in [0.15, 0.2) is 29.6 Å². The first-order valence-corrected chi connectivity index (χ1v) is 7.58. The quantitative estimate of drug-likeness (QED) is 0.510. The number of thiophene rings is 2. The van der Waals surface area contributed by atoms with Crippen LogP contribution >= 0.6 is 22.7 Å². The number of carbonyl (C=O) groups is 2. The van der Waals surface area contributed by atoms with E-state index in [4.69, 9.17) is 0 Å². The number of hydrogen-bond donors (Lipinski definition) is 0. The Morgan fingerprint density at radius 3 is 2.48 bits per heavy atom. The van der Waals surface area contributed by atoms with Gasteiger partial charge in [0.2, 0.25) is 5.78 Å². The fraction of sp³-hybridized carbons (Fsp3) is 0.143. The lowest BCUT2D eigenvalue weighted by molar-refractivity contribution is -0.170. The average Bonchev–Trinajstić information content (AvgIpc) is 2.99. The number of alkyl halides is 3. The van der Waals surface area contributed by atoms with Gasteiger partial charge in [-0.25, -0.2) is 0 Å². The van der Waals surface area contributed by atoms with Crippen LogP contribution in [-0.2, 0) is 4.79 Å². The number of Topliss-reactive ketones (excluding diaryl/α,β-unsaturated/α-hetero) is 2. The van der Waals surface area contributed by atoms with Crippen LogP contribution in [0.4, 0.5) is 13.2 Å². The number of hydrogen-bond acceptors (Lipinski definition) is 4. The van der Waals surface area contributed by atoms with E-state index in [1.54, 1.807) is 17.4 Å². The second-order valence-electron chi connectivity index (χ2n) is 4.48. The molecule has 2 nitrogen and oxygen atoms in total. The standard InChI is InChI=1S/C14H7F3O2S2/c15-14(16,17)13(19)6-9(18)12-5-8-4-10-7(1-2-20-10)3-11(8)21-12/h1-5H,6H2. The Hall–Kier alpha value is -1.73. The summed E-state index contributed by atoms with van der Waals surface area (Å²) in [5.41, 5.74) is 0. The molecule has 0 saturated heterocycles. The van der Waals surface area contributed by atoms with E-state index in [-0.39, 0.29) is 4.88 Å². The molecule has 0 amide bonds. The predicted molar refractivity (Wildman–Crippen MR) is 77.2 cm³/mol. The molecule has 0 N–H and O–H groups in total. The molecule has 3 aromatic rings. The molecule has 0 radical (unpaired) electrons. The second kappa shape index (κ2) is 4.92. The molecule has 7 heteroatoms. The third kappa shape index (κ3) is 2.71. The SMILES string of the molecule is O=C(CC(=O)C(F)(F)F)c1cc2cc3sccc3cc2s1. The van der Waals surface area contributed by atoms with Crippen molar-refractivity contribution < 1.29 is 22.8 Å². The van der Waals surface area contributed by atoms with Gasteiger partial charge in [-0.15, -0.1) is 22.7 Å². The van der Waals surface area contributed by atoms with Gasteiger partial charge in [0.1, 0.15) is 0 Å². The first kappa shape index (κ1) is 14.2. The Bertz CT molecular complexity index is 810. The van der Waals surface area contributed by atoms with Gasteiger partial charge in [-0.3, -0.25) is 9.59 Å². The number of ketones is 2. The largest absolute Gasteiger partial charge is 0.450 e. The maximum absolute atomic E-state index is 12.2. The fourth-order valence-corrected chi connectivity index (χ4v) is 3.81. The monoisotopic (exact) mass is 328 g/mol. The molecule has 21 heavy (non-hydrogen) atoms. The Morgan fingerprint density at radius 2 is 1.76 bits per heavy atom. The summed E-state index contributed by atoms with van der Waals surface area (Å²) in [6.45, 7) is 0. The van der Waals surface area contributed by atoms with E-state index < -0.39 is 24.2 Å². The molecule has 0 aliphatic heterocycles. The zero-order valence-corrected chi connectivity index (χ0v) is 12.0. The molecule has 2 aromatic heterocycles. The molecular weight excluding hydrogens is 321 g/mol. The molecular formula is C14H7F3O2S2. The lowest BCUT2D eigenvalue weighted by atomic mass is 10.1. The molecule has 0 fully saturated rings. The molecule has 0 saturated carbocycles. The minimum absolute atomic E-state index is 0.181. The predicted octanol–water partition coefficient (Wildman–Crippen LogP) is 4.82. The number of fused-ring (bicyclic) bond motifs is 2. The van der Waals surface area contributed by atoms with Gasteiger partial charge in [0, 0.05) is 9.40 Å². The summed E-state index contributed by atoms with van der Waals surface area (Å²) in [6.07, 6.45) is -6.10. The van der Waals surface area contributed by atoms with Crippen molar-refractivity contribution in [3.05, 3.63) is 34.5 Å². The number of halogens is 3. The Labute approximate surface area is 124 Å². The highest BCUT2D eigenvalue weighted by atomic mass is 32.1. The normalized spacial score (nSPS) is 12.1. The molecule has 0 aliphatic rings. The molecule has 0 atom stereocenters. The average molecular weight is 328 g/mol. The lowest BCUT2D eigenvalue weighted by Gasteiger charge is -2.02. The second-order valence-corrected chi connectivity index (χ2v) is 6.51. The minimum atomic E-state index is -4.96. The van der Waals surface area contributed by atoms with Crippen molar-refractivity contribution in [3.8, 4) is 0 Å². The summed E-state index contributed by atoms with van der Waals surface area (Å²) >= 11 is 2.66. The van der Waals surface area contributed by atoms with Gasteiger partial charge < -0.3 is 0 Å². The van der Waals surface area contributed by atoms with E-state index in [0.717, 1.165) is 31.5 Å². The van der Waals surface area contributed by atoms with Crippen molar-refractivity contribution >= 4 is 54.4 Å². The van der Waals surface area contributed by atoms with Crippen molar-refractivity contribution in [3.63, 3.8) is 0 Å². The summed E-state index contributed by atoms with van der Waals surface area (Å²) < 4.78 is 38.4. The van der Waals surface area contributed by atoms with Crippen molar-refractivity contribution in [1.82, 2.24) is 0 Å². The van der Waals surface area contributed by atoms with Crippen molar-refractivity contribution in [2.45, 2.75) is 12.6 Å². The van der Waals surface area contributed by atoms with Gasteiger partial charge in [0.15, 0.2) is 5.78 Å². The number of rotatable bonds is 3. The van der Waals surface area contributed by atoms with Crippen LogP contribution in [0.1, 0.15) is 16.1 Å². The van der Waals surface area contributed by atoms with Crippen LogP contribution in [0, 0.1) is 0 Å². The zero-order valence-electron chi connectivity index (χ0n) is 10.4. The molecule has 108 valence electrons. The smallest absolute Gasteiger partial charge is 0.293 e. The topological polar surface area (TPSA) is 34.1 Å². The van der Waals surface area contributed by atoms with E-state index >= 15 is 0 Å². The van der Waals surface area contributed by atoms with Gasteiger partial charge in [0.25, 0.3) is 0 Å². The Balaban J connectivity index is 1.93. The third-order valence-corrected chi connectivity index (χ3v) is 5.02. The summed E-state index contributed by atoms with van der Waals surface area (Å²) in [5, 5.41) is 3.78. The number of carbonyl (C=O) groups excluding carboxylic acids is 2. The maximum Gasteiger partial charge on any atom is 0.450 e.